The molecule has 108 valence electrons. The third-order valence-corrected chi connectivity index (χ3v) is 3.89. The third kappa shape index (κ3) is 3.18. The summed E-state index contributed by atoms with van der Waals surface area (Å²) in [6.07, 6.45) is 3.47. The van der Waals surface area contributed by atoms with E-state index in [1.807, 2.05) is 30.3 Å². The molecule has 0 aromatic heterocycles. The lowest BCUT2D eigenvalue weighted by Crippen LogP contribution is -2.43. The summed E-state index contributed by atoms with van der Waals surface area (Å²) < 4.78 is 0. The van der Waals surface area contributed by atoms with E-state index in [1.54, 1.807) is 0 Å². The van der Waals surface area contributed by atoms with Gasteiger partial charge in [0, 0.05) is 6.04 Å². The molecule has 1 atom stereocenters. The van der Waals surface area contributed by atoms with Gasteiger partial charge in [0.1, 0.15) is 5.41 Å². The minimum atomic E-state index is -1.15. The molecule has 2 rings (SSSR count). The van der Waals surface area contributed by atoms with Crippen LogP contribution >= 0.6 is 0 Å². The summed E-state index contributed by atoms with van der Waals surface area (Å²) in [4.78, 5) is 23.3. The molecule has 4 heteroatoms. The molecule has 1 aliphatic carbocycles. The maximum Gasteiger partial charge on any atom is 0.319 e. The molecule has 0 heterocycles. The van der Waals surface area contributed by atoms with Gasteiger partial charge in [0.25, 0.3) is 0 Å². The second-order valence-electron chi connectivity index (χ2n) is 5.54. The van der Waals surface area contributed by atoms with Gasteiger partial charge < -0.3 is 10.4 Å². The Hall–Kier alpha value is -1.84. The molecule has 0 aliphatic heterocycles. The van der Waals surface area contributed by atoms with Crippen molar-refractivity contribution < 1.29 is 14.7 Å². The van der Waals surface area contributed by atoms with Crippen molar-refractivity contribution in [3.8, 4) is 0 Å². The Balaban J connectivity index is 1.99. The van der Waals surface area contributed by atoms with Crippen LogP contribution in [0.1, 0.15) is 38.2 Å². The minimum absolute atomic E-state index is 0.00623. The second-order valence-corrected chi connectivity index (χ2v) is 5.54. The highest BCUT2D eigenvalue weighted by atomic mass is 16.4. The van der Waals surface area contributed by atoms with E-state index in [9.17, 15) is 9.59 Å². The van der Waals surface area contributed by atoms with Crippen LogP contribution in [0.5, 0.6) is 0 Å². The predicted octanol–water partition coefficient (Wildman–Crippen LogP) is 2.38. The number of carbonyl (C=O) groups excluding carboxylic acids is 1. The lowest BCUT2D eigenvalue weighted by atomic mass is 10.00. The summed E-state index contributed by atoms with van der Waals surface area (Å²) in [6, 6.07) is 9.96. The molecule has 1 amide bonds. The average Bonchev–Trinajstić information content (AvgIpc) is 3.21. The first-order chi connectivity index (χ1) is 9.58. The van der Waals surface area contributed by atoms with Crippen molar-refractivity contribution in [1.29, 1.82) is 0 Å². The fourth-order valence-corrected chi connectivity index (χ4v) is 2.46. The Kier molecular flexibility index (Phi) is 4.42. The van der Waals surface area contributed by atoms with Gasteiger partial charge in [-0.25, -0.2) is 0 Å². The van der Waals surface area contributed by atoms with Crippen LogP contribution in [-0.2, 0) is 16.0 Å². The minimum Gasteiger partial charge on any atom is -0.480 e. The van der Waals surface area contributed by atoms with E-state index in [-0.39, 0.29) is 11.9 Å². The number of benzene rings is 1. The normalized spacial score (nSPS) is 17.2. The van der Waals surface area contributed by atoms with Crippen molar-refractivity contribution in [2.24, 2.45) is 5.41 Å². The molecule has 2 N–H and O–H groups in total. The Morgan fingerprint density at radius 3 is 2.45 bits per heavy atom. The van der Waals surface area contributed by atoms with Crippen molar-refractivity contribution in [1.82, 2.24) is 5.32 Å². The number of carboxylic acid groups (broad SMARTS) is 1. The first kappa shape index (κ1) is 14.6. The summed E-state index contributed by atoms with van der Waals surface area (Å²) in [5.41, 5.74) is 0.00860. The smallest absolute Gasteiger partial charge is 0.319 e. The van der Waals surface area contributed by atoms with Crippen LogP contribution in [0.3, 0.4) is 0 Å². The van der Waals surface area contributed by atoms with Gasteiger partial charge >= 0.3 is 5.97 Å². The molecule has 1 aromatic rings. The molecular formula is C16H21NO3. The van der Waals surface area contributed by atoms with Gasteiger partial charge in [-0.1, -0.05) is 43.7 Å². The van der Waals surface area contributed by atoms with Gasteiger partial charge in [0.05, 0.1) is 0 Å². The van der Waals surface area contributed by atoms with E-state index in [0.29, 0.717) is 12.8 Å². The maximum atomic E-state index is 12.2. The number of aliphatic carboxylic acids is 1. The molecular weight excluding hydrogens is 254 g/mol. The zero-order valence-electron chi connectivity index (χ0n) is 11.8. The Bertz CT molecular complexity index is 480. The molecule has 0 bridgehead atoms. The number of amides is 1. The topological polar surface area (TPSA) is 66.4 Å². The van der Waals surface area contributed by atoms with Crippen LogP contribution < -0.4 is 5.32 Å². The molecule has 1 saturated carbocycles. The molecule has 20 heavy (non-hydrogen) atoms. The van der Waals surface area contributed by atoms with Crippen LogP contribution in [0.4, 0.5) is 0 Å². The molecule has 1 aromatic carbocycles. The number of carboxylic acids is 1. The van der Waals surface area contributed by atoms with Crippen LogP contribution in [0.2, 0.25) is 0 Å². The number of hydrogen-bond donors (Lipinski definition) is 2. The highest BCUT2D eigenvalue weighted by Gasteiger charge is 2.57. The van der Waals surface area contributed by atoms with Gasteiger partial charge in [-0.2, -0.15) is 0 Å². The Morgan fingerprint density at radius 2 is 1.95 bits per heavy atom. The lowest BCUT2D eigenvalue weighted by Gasteiger charge is -2.20. The van der Waals surface area contributed by atoms with E-state index in [2.05, 4.69) is 12.2 Å². The molecule has 1 unspecified atom stereocenters. The van der Waals surface area contributed by atoms with Crippen molar-refractivity contribution in [2.75, 3.05) is 0 Å². The average molecular weight is 275 g/mol. The number of carbonyl (C=O) groups is 2. The van der Waals surface area contributed by atoms with Crippen molar-refractivity contribution >= 4 is 11.9 Å². The predicted molar refractivity (Wildman–Crippen MR) is 76.3 cm³/mol. The summed E-state index contributed by atoms with van der Waals surface area (Å²) in [5, 5.41) is 12.1. The van der Waals surface area contributed by atoms with Crippen molar-refractivity contribution in [3.63, 3.8) is 0 Å². The fourth-order valence-electron chi connectivity index (χ4n) is 2.46. The summed E-state index contributed by atoms with van der Waals surface area (Å²) in [7, 11) is 0. The van der Waals surface area contributed by atoms with Crippen molar-refractivity contribution in [3.05, 3.63) is 35.9 Å². The van der Waals surface area contributed by atoms with E-state index in [1.165, 1.54) is 0 Å². The monoisotopic (exact) mass is 275 g/mol. The number of hydrogen-bond acceptors (Lipinski definition) is 2. The van der Waals surface area contributed by atoms with Gasteiger partial charge in [-0.3, -0.25) is 9.59 Å². The zero-order chi connectivity index (χ0) is 14.6. The summed E-state index contributed by atoms with van der Waals surface area (Å²) in [5.74, 6) is -1.32. The molecule has 0 spiro atoms. The Morgan fingerprint density at radius 1 is 1.30 bits per heavy atom. The number of nitrogens with one attached hydrogen (secondary N) is 1. The quantitative estimate of drug-likeness (QED) is 0.751. The Labute approximate surface area is 119 Å². The van der Waals surface area contributed by atoms with Crippen molar-refractivity contribution in [2.45, 2.75) is 45.1 Å². The first-order valence-corrected chi connectivity index (χ1v) is 7.17. The van der Waals surface area contributed by atoms with Gasteiger partial charge in [-0.15, -0.1) is 0 Å². The van der Waals surface area contributed by atoms with Crippen LogP contribution in [0, 0.1) is 5.41 Å². The van der Waals surface area contributed by atoms with Gasteiger partial charge in [0.15, 0.2) is 0 Å². The van der Waals surface area contributed by atoms with Crippen LogP contribution in [-0.4, -0.2) is 23.0 Å². The first-order valence-electron chi connectivity index (χ1n) is 7.17. The standard InChI is InChI=1S/C16H21NO3/c1-2-6-13(11-12-7-4-3-5-8-12)17-14(18)16(9-10-16)15(19)20/h3-5,7-8,13H,2,6,9-11H2,1H3,(H,17,18)(H,19,20). The molecule has 1 aliphatic rings. The van der Waals surface area contributed by atoms with E-state index < -0.39 is 11.4 Å². The lowest BCUT2D eigenvalue weighted by molar-refractivity contribution is -0.149. The largest absolute Gasteiger partial charge is 0.480 e. The molecule has 0 radical (unpaired) electrons. The molecule has 4 nitrogen and oxygen atoms in total. The highest BCUT2D eigenvalue weighted by Crippen LogP contribution is 2.46. The van der Waals surface area contributed by atoms with Crippen LogP contribution in [0.25, 0.3) is 0 Å². The zero-order valence-corrected chi connectivity index (χ0v) is 11.8. The highest BCUT2D eigenvalue weighted by molar-refractivity contribution is 6.04. The number of rotatable bonds is 7. The molecule has 0 saturated heterocycles. The molecule has 1 fully saturated rings. The second kappa shape index (κ2) is 6.07. The van der Waals surface area contributed by atoms with E-state index in [0.717, 1.165) is 24.8 Å². The third-order valence-electron chi connectivity index (χ3n) is 3.89. The van der Waals surface area contributed by atoms with E-state index >= 15 is 0 Å². The fraction of sp³-hybridized carbons (Fsp3) is 0.500. The summed E-state index contributed by atoms with van der Waals surface area (Å²) in [6.45, 7) is 2.06. The van der Waals surface area contributed by atoms with Gasteiger partial charge in [-0.05, 0) is 31.2 Å². The SMILES string of the molecule is CCCC(Cc1ccccc1)NC(=O)C1(C(=O)O)CC1. The van der Waals surface area contributed by atoms with E-state index in [4.69, 9.17) is 5.11 Å². The maximum absolute atomic E-state index is 12.2. The summed E-state index contributed by atoms with van der Waals surface area (Å²) >= 11 is 0. The van der Waals surface area contributed by atoms with Crippen LogP contribution in [0.15, 0.2) is 30.3 Å². The van der Waals surface area contributed by atoms with Gasteiger partial charge in [0.2, 0.25) is 5.91 Å².